The first-order valence-electron chi connectivity index (χ1n) is 9.44. The molecule has 8 heteroatoms. The molecule has 0 atom stereocenters. The number of nitrogens with zero attached hydrogens (tertiary/aromatic N) is 2. The maximum atomic E-state index is 5.79. The Labute approximate surface area is 182 Å². The summed E-state index contributed by atoms with van der Waals surface area (Å²) in [5.74, 6) is 2.30. The second-order valence-corrected chi connectivity index (χ2v) is 7.85. The average Bonchev–Trinajstić information content (AvgIpc) is 3.20. The molecule has 152 valence electrons. The van der Waals surface area contributed by atoms with Gasteiger partial charge in [0.05, 0.1) is 12.1 Å². The van der Waals surface area contributed by atoms with E-state index in [0.29, 0.717) is 19.2 Å². The number of anilines is 1. The van der Waals surface area contributed by atoms with Gasteiger partial charge in [0.15, 0.2) is 11.5 Å². The van der Waals surface area contributed by atoms with Gasteiger partial charge in [-0.1, -0.05) is 6.07 Å². The van der Waals surface area contributed by atoms with E-state index in [1.54, 1.807) is 7.11 Å². The molecule has 1 N–H and O–H groups in total. The van der Waals surface area contributed by atoms with Gasteiger partial charge in [0, 0.05) is 29.2 Å². The summed E-state index contributed by atoms with van der Waals surface area (Å²) in [6.07, 6.45) is 1.83. The summed E-state index contributed by atoms with van der Waals surface area (Å²) in [6.45, 7) is 2.15. The molecule has 0 bridgehead atoms. The van der Waals surface area contributed by atoms with Crippen LogP contribution in [0.5, 0.6) is 17.5 Å². The first kappa shape index (κ1) is 20.0. The molecule has 0 radical (unpaired) electrons. The summed E-state index contributed by atoms with van der Waals surface area (Å²) in [6, 6.07) is 12.4. The van der Waals surface area contributed by atoms with Gasteiger partial charge in [-0.2, -0.15) is 9.97 Å². The maximum Gasteiger partial charge on any atom is 0.318 e. The van der Waals surface area contributed by atoms with Gasteiger partial charge in [-0.25, -0.2) is 0 Å². The third-order valence-electron chi connectivity index (χ3n) is 4.51. The minimum absolute atomic E-state index is 0.270. The van der Waals surface area contributed by atoms with Crippen LogP contribution in [0.3, 0.4) is 0 Å². The van der Waals surface area contributed by atoms with Crippen molar-refractivity contribution in [2.45, 2.75) is 19.4 Å². The highest BCUT2D eigenvalue weighted by molar-refractivity contribution is 14.1. The van der Waals surface area contributed by atoms with Gasteiger partial charge in [0.2, 0.25) is 6.79 Å². The largest absolute Gasteiger partial charge is 0.463 e. The zero-order chi connectivity index (χ0) is 20.1. The van der Waals surface area contributed by atoms with E-state index in [4.69, 9.17) is 18.9 Å². The lowest BCUT2D eigenvalue weighted by Crippen LogP contribution is -2.07. The SMILES string of the molecule is COCCCCOc1nc(NCc2ccc3c(c2)OCO3)c2cc(I)ccc2n1. The minimum Gasteiger partial charge on any atom is -0.463 e. The van der Waals surface area contributed by atoms with Crippen molar-refractivity contribution in [1.29, 1.82) is 0 Å². The maximum absolute atomic E-state index is 5.79. The third-order valence-corrected chi connectivity index (χ3v) is 5.18. The van der Waals surface area contributed by atoms with Crippen molar-refractivity contribution < 1.29 is 18.9 Å². The Morgan fingerprint density at radius 3 is 2.79 bits per heavy atom. The molecule has 1 aliphatic heterocycles. The third kappa shape index (κ3) is 4.99. The zero-order valence-corrected chi connectivity index (χ0v) is 18.3. The number of halogens is 1. The van der Waals surface area contributed by atoms with E-state index in [2.05, 4.69) is 43.9 Å². The van der Waals surface area contributed by atoms with E-state index < -0.39 is 0 Å². The number of hydrogen-bond donors (Lipinski definition) is 1. The summed E-state index contributed by atoms with van der Waals surface area (Å²) < 4.78 is 22.8. The van der Waals surface area contributed by atoms with Crippen LogP contribution in [0.25, 0.3) is 10.9 Å². The number of aromatic nitrogens is 2. The molecule has 0 spiro atoms. The average molecular weight is 507 g/mol. The van der Waals surface area contributed by atoms with Crippen molar-refractivity contribution in [2.24, 2.45) is 0 Å². The molecule has 3 aromatic rings. The Balaban J connectivity index is 1.52. The Kier molecular flexibility index (Phi) is 6.50. The molecule has 1 aromatic heterocycles. The van der Waals surface area contributed by atoms with Crippen LogP contribution in [0.1, 0.15) is 18.4 Å². The van der Waals surface area contributed by atoms with Gasteiger partial charge in [0.1, 0.15) is 5.82 Å². The van der Waals surface area contributed by atoms with Crippen LogP contribution in [0, 0.1) is 3.57 Å². The van der Waals surface area contributed by atoms with Crippen molar-refractivity contribution in [3.8, 4) is 17.5 Å². The van der Waals surface area contributed by atoms with Crippen LogP contribution in [0.2, 0.25) is 0 Å². The normalized spacial score (nSPS) is 12.3. The molecule has 2 aromatic carbocycles. The van der Waals surface area contributed by atoms with E-state index in [1.807, 2.05) is 30.3 Å². The van der Waals surface area contributed by atoms with Crippen LogP contribution in [0.15, 0.2) is 36.4 Å². The van der Waals surface area contributed by atoms with Crippen LogP contribution >= 0.6 is 22.6 Å². The fourth-order valence-electron chi connectivity index (χ4n) is 3.03. The Morgan fingerprint density at radius 1 is 1.03 bits per heavy atom. The van der Waals surface area contributed by atoms with E-state index in [9.17, 15) is 0 Å². The second kappa shape index (κ2) is 9.45. The van der Waals surface area contributed by atoms with Gasteiger partial charge in [-0.3, -0.25) is 0 Å². The summed E-state index contributed by atoms with van der Waals surface area (Å²) >= 11 is 2.29. The van der Waals surface area contributed by atoms with E-state index >= 15 is 0 Å². The Hall–Kier alpha value is -2.33. The second-order valence-electron chi connectivity index (χ2n) is 6.61. The molecular weight excluding hydrogens is 485 g/mol. The molecule has 0 amide bonds. The minimum atomic E-state index is 0.270. The molecule has 0 unspecified atom stereocenters. The number of rotatable bonds is 9. The monoisotopic (exact) mass is 507 g/mol. The van der Waals surface area contributed by atoms with Gasteiger partial charge < -0.3 is 24.3 Å². The molecule has 0 fully saturated rings. The first-order chi connectivity index (χ1) is 14.2. The lowest BCUT2D eigenvalue weighted by molar-refractivity contribution is 0.174. The first-order valence-corrected chi connectivity index (χ1v) is 10.5. The molecule has 29 heavy (non-hydrogen) atoms. The number of fused-ring (bicyclic) bond motifs is 2. The molecule has 4 rings (SSSR count). The van der Waals surface area contributed by atoms with Crippen LogP contribution in [0.4, 0.5) is 5.82 Å². The predicted octanol–water partition coefficient (Wildman–Crippen LogP) is 4.38. The van der Waals surface area contributed by atoms with Crippen LogP contribution in [-0.4, -0.2) is 37.1 Å². The number of unbranched alkanes of at least 4 members (excludes halogenated alkanes) is 1. The van der Waals surface area contributed by atoms with Gasteiger partial charge >= 0.3 is 6.01 Å². The molecule has 0 saturated heterocycles. The molecule has 1 aliphatic rings. The molecule has 0 saturated carbocycles. The summed E-state index contributed by atoms with van der Waals surface area (Å²) in [5, 5.41) is 4.39. The fraction of sp³-hybridized carbons (Fsp3) is 0.333. The van der Waals surface area contributed by atoms with Gasteiger partial charge in [-0.05, 0) is 71.3 Å². The summed E-state index contributed by atoms with van der Waals surface area (Å²) in [7, 11) is 1.70. The Bertz CT molecular complexity index is 999. The number of nitrogens with one attached hydrogen (secondary N) is 1. The topological polar surface area (TPSA) is 74.7 Å². The van der Waals surface area contributed by atoms with E-state index in [-0.39, 0.29) is 6.79 Å². The van der Waals surface area contributed by atoms with Crippen LogP contribution in [-0.2, 0) is 11.3 Å². The number of ether oxygens (including phenoxy) is 4. The number of benzene rings is 2. The number of methoxy groups -OCH3 is 1. The van der Waals surface area contributed by atoms with Crippen LogP contribution < -0.4 is 19.5 Å². The van der Waals surface area contributed by atoms with Crippen molar-refractivity contribution >= 4 is 39.3 Å². The van der Waals surface area contributed by atoms with E-state index in [0.717, 1.165) is 56.8 Å². The summed E-state index contributed by atoms with van der Waals surface area (Å²) in [4.78, 5) is 9.16. The Morgan fingerprint density at radius 2 is 1.90 bits per heavy atom. The van der Waals surface area contributed by atoms with E-state index in [1.165, 1.54) is 0 Å². The lowest BCUT2D eigenvalue weighted by Gasteiger charge is -2.12. The molecule has 0 aliphatic carbocycles. The predicted molar refractivity (Wildman–Crippen MR) is 119 cm³/mol. The highest BCUT2D eigenvalue weighted by Crippen LogP contribution is 2.33. The fourth-order valence-corrected chi connectivity index (χ4v) is 3.52. The van der Waals surface area contributed by atoms with Gasteiger partial charge in [-0.15, -0.1) is 0 Å². The molecule has 7 nitrogen and oxygen atoms in total. The van der Waals surface area contributed by atoms with Crippen molar-refractivity contribution in [3.63, 3.8) is 0 Å². The highest BCUT2D eigenvalue weighted by Gasteiger charge is 2.14. The van der Waals surface area contributed by atoms with Crippen molar-refractivity contribution in [3.05, 3.63) is 45.5 Å². The highest BCUT2D eigenvalue weighted by atomic mass is 127. The lowest BCUT2D eigenvalue weighted by atomic mass is 10.2. The smallest absolute Gasteiger partial charge is 0.318 e. The number of hydrogen-bond acceptors (Lipinski definition) is 7. The molecule has 2 heterocycles. The van der Waals surface area contributed by atoms with Crippen molar-refractivity contribution in [1.82, 2.24) is 9.97 Å². The summed E-state index contributed by atoms with van der Waals surface area (Å²) in [5.41, 5.74) is 1.93. The standard InChI is InChI=1S/C21H22IN3O4/c1-26-8-2-3-9-27-21-24-17-6-5-15(22)11-16(17)20(25-21)23-12-14-4-7-18-19(10-14)29-13-28-18/h4-7,10-11H,2-3,8-9,12-13H2,1H3,(H,23,24,25). The van der Waals surface area contributed by atoms with Gasteiger partial charge in [0.25, 0.3) is 0 Å². The zero-order valence-electron chi connectivity index (χ0n) is 16.1. The molecular formula is C21H22IN3O4. The van der Waals surface area contributed by atoms with Crippen molar-refractivity contribution in [2.75, 3.05) is 32.4 Å². The quantitative estimate of drug-likeness (QED) is 0.341.